The standard InChI is InChI=1S/C16H10N2O4/c19-16-14(10-11-5-4-8-13(9-11)18(20)21)15(17-22-16)12-6-2-1-3-7-12/h1-10H/b14-10-. The van der Waals surface area contributed by atoms with Crippen LogP contribution in [0.2, 0.25) is 0 Å². The number of nitro benzene ring substituents is 1. The molecule has 0 fully saturated rings. The van der Waals surface area contributed by atoms with Crippen molar-refractivity contribution in [3.8, 4) is 0 Å². The molecule has 22 heavy (non-hydrogen) atoms. The maximum Gasteiger partial charge on any atom is 0.368 e. The second-order valence-corrected chi connectivity index (χ2v) is 4.59. The number of non-ortho nitro benzene ring substituents is 1. The molecule has 0 saturated carbocycles. The zero-order valence-corrected chi connectivity index (χ0v) is 11.3. The summed E-state index contributed by atoms with van der Waals surface area (Å²) in [6, 6.07) is 15.1. The Bertz CT molecular complexity index is 810. The van der Waals surface area contributed by atoms with Crippen LogP contribution in [0.5, 0.6) is 0 Å². The molecule has 0 saturated heterocycles. The molecule has 2 aromatic rings. The minimum Gasteiger partial charge on any atom is -0.312 e. The van der Waals surface area contributed by atoms with Crippen LogP contribution in [0.1, 0.15) is 11.1 Å². The predicted molar refractivity (Wildman–Crippen MR) is 80.1 cm³/mol. The van der Waals surface area contributed by atoms with Crippen LogP contribution in [0.15, 0.2) is 65.3 Å². The minimum atomic E-state index is -0.578. The van der Waals surface area contributed by atoms with E-state index in [0.717, 1.165) is 5.56 Å². The monoisotopic (exact) mass is 294 g/mol. The van der Waals surface area contributed by atoms with E-state index in [0.29, 0.717) is 11.3 Å². The quantitative estimate of drug-likeness (QED) is 0.377. The van der Waals surface area contributed by atoms with Gasteiger partial charge in [-0.25, -0.2) is 4.79 Å². The van der Waals surface area contributed by atoms with E-state index in [1.54, 1.807) is 12.1 Å². The Hall–Kier alpha value is -3.28. The molecular formula is C16H10N2O4. The highest BCUT2D eigenvalue weighted by Gasteiger charge is 2.26. The lowest BCUT2D eigenvalue weighted by Gasteiger charge is -2.00. The lowest BCUT2D eigenvalue weighted by atomic mass is 10.0. The van der Waals surface area contributed by atoms with Crippen molar-refractivity contribution in [2.45, 2.75) is 0 Å². The van der Waals surface area contributed by atoms with Gasteiger partial charge in [-0.05, 0) is 11.6 Å². The van der Waals surface area contributed by atoms with E-state index in [1.165, 1.54) is 18.2 Å². The largest absolute Gasteiger partial charge is 0.368 e. The molecule has 6 heteroatoms. The van der Waals surface area contributed by atoms with Gasteiger partial charge in [-0.2, -0.15) is 0 Å². The molecule has 0 atom stereocenters. The maximum absolute atomic E-state index is 11.8. The van der Waals surface area contributed by atoms with Gasteiger partial charge in [-0.3, -0.25) is 10.1 Å². The fraction of sp³-hybridized carbons (Fsp3) is 0. The molecule has 108 valence electrons. The predicted octanol–water partition coefficient (Wildman–Crippen LogP) is 2.94. The summed E-state index contributed by atoms with van der Waals surface area (Å²) in [5.74, 6) is -0.578. The van der Waals surface area contributed by atoms with Gasteiger partial charge in [0, 0.05) is 17.7 Å². The smallest absolute Gasteiger partial charge is 0.312 e. The SMILES string of the molecule is O=C1ON=C(c2ccccc2)/C1=C/c1cccc([N+](=O)[O-])c1. The number of carbonyl (C=O) groups excluding carboxylic acids is 1. The van der Waals surface area contributed by atoms with E-state index in [4.69, 9.17) is 4.84 Å². The summed E-state index contributed by atoms with van der Waals surface area (Å²) in [5.41, 5.74) is 1.92. The van der Waals surface area contributed by atoms with Crippen molar-refractivity contribution < 1.29 is 14.6 Å². The van der Waals surface area contributed by atoms with E-state index < -0.39 is 10.9 Å². The van der Waals surface area contributed by atoms with Gasteiger partial charge in [0.05, 0.1) is 10.5 Å². The van der Waals surface area contributed by atoms with E-state index in [2.05, 4.69) is 5.16 Å². The molecular weight excluding hydrogens is 284 g/mol. The number of nitrogens with zero attached hydrogens (tertiary/aromatic N) is 2. The first kappa shape index (κ1) is 13.7. The van der Waals surface area contributed by atoms with E-state index in [9.17, 15) is 14.9 Å². The summed E-state index contributed by atoms with van der Waals surface area (Å²) >= 11 is 0. The highest BCUT2D eigenvalue weighted by Crippen LogP contribution is 2.22. The summed E-state index contributed by atoms with van der Waals surface area (Å²) in [7, 11) is 0. The van der Waals surface area contributed by atoms with Crippen LogP contribution in [0.4, 0.5) is 5.69 Å². The van der Waals surface area contributed by atoms with Crippen molar-refractivity contribution >= 4 is 23.4 Å². The van der Waals surface area contributed by atoms with Crippen LogP contribution in [0, 0.1) is 10.1 Å². The molecule has 3 rings (SSSR count). The highest BCUT2D eigenvalue weighted by atomic mass is 16.7. The van der Waals surface area contributed by atoms with Crippen LogP contribution < -0.4 is 0 Å². The molecule has 2 aromatic carbocycles. The minimum absolute atomic E-state index is 0.0427. The van der Waals surface area contributed by atoms with Crippen LogP contribution in [0.25, 0.3) is 6.08 Å². The van der Waals surface area contributed by atoms with Crippen molar-refractivity contribution in [1.82, 2.24) is 0 Å². The Morgan fingerprint density at radius 1 is 1.09 bits per heavy atom. The normalized spacial score (nSPS) is 15.5. The fourth-order valence-electron chi connectivity index (χ4n) is 2.11. The second-order valence-electron chi connectivity index (χ2n) is 4.59. The number of benzene rings is 2. The number of oxime groups is 1. The van der Waals surface area contributed by atoms with Crippen LogP contribution >= 0.6 is 0 Å². The van der Waals surface area contributed by atoms with Crippen molar-refractivity contribution in [2.24, 2.45) is 5.16 Å². The van der Waals surface area contributed by atoms with Crippen LogP contribution in [0.3, 0.4) is 0 Å². The molecule has 0 unspecified atom stereocenters. The molecule has 0 amide bonds. The molecule has 0 N–H and O–H groups in total. The molecule has 0 aliphatic carbocycles. The fourth-order valence-corrected chi connectivity index (χ4v) is 2.11. The van der Waals surface area contributed by atoms with Gasteiger partial charge >= 0.3 is 5.97 Å². The lowest BCUT2D eigenvalue weighted by Crippen LogP contribution is -2.06. The molecule has 0 aromatic heterocycles. The number of rotatable bonds is 3. The van der Waals surface area contributed by atoms with Gasteiger partial charge in [0.15, 0.2) is 0 Å². The molecule has 6 nitrogen and oxygen atoms in total. The summed E-state index contributed by atoms with van der Waals surface area (Å²) in [5, 5.41) is 14.6. The summed E-state index contributed by atoms with van der Waals surface area (Å²) in [6.07, 6.45) is 1.54. The van der Waals surface area contributed by atoms with E-state index in [-0.39, 0.29) is 11.3 Å². The lowest BCUT2D eigenvalue weighted by molar-refractivity contribution is -0.384. The van der Waals surface area contributed by atoms with Crippen molar-refractivity contribution in [2.75, 3.05) is 0 Å². The topological polar surface area (TPSA) is 81.8 Å². The Kier molecular flexibility index (Phi) is 3.49. The van der Waals surface area contributed by atoms with Gasteiger partial charge in [0.25, 0.3) is 5.69 Å². The number of nitro groups is 1. The molecule has 0 bridgehead atoms. The second kappa shape index (κ2) is 5.61. The van der Waals surface area contributed by atoms with Crippen LogP contribution in [-0.2, 0) is 9.63 Å². The van der Waals surface area contributed by atoms with E-state index >= 15 is 0 Å². The number of carbonyl (C=O) groups is 1. The summed E-state index contributed by atoms with van der Waals surface area (Å²) in [4.78, 5) is 26.9. The zero-order chi connectivity index (χ0) is 15.5. The zero-order valence-electron chi connectivity index (χ0n) is 11.3. The van der Waals surface area contributed by atoms with Gasteiger partial charge < -0.3 is 4.84 Å². The molecule has 1 heterocycles. The number of hydrogen-bond acceptors (Lipinski definition) is 5. The highest BCUT2D eigenvalue weighted by molar-refractivity contribution is 6.31. The Balaban J connectivity index is 2.02. The third kappa shape index (κ3) is 2.62. The molecule has 1 aliphatic heterocycles. The van der Waals surface area contributed by atoms with Gasteiger partial charge in [-0.15, -0.1) is 0 Å². The maximum atomic E-state index is 11.8. The first-order chi connectivity index (χ1) is 10.6. The first-order valence-corrected chi connectivity index (χ1v) is 6.46. The Morgan fingerprint density at radius 2 is 1.86 bits per heavy atom. The molecule has 1 aliphatic rings. The Labute approximate surface area is 125 Å². The van der Waals surface area contributed by atoms with E-state index in [1.807, 2.05) is 30.3 Å². The third-order valence-electron chi connectivity index (χ3n) is 3.13. The average molecular weight is 294 g/mol. The molecule has 0 spiro atoms. The van der Waals surface area contributed by atoms with Crippen LogP contribution in [-0.4, -0.2) is 16.6 Å². The van der Waals surface area contributed by atoms with Crippen molar-refractivity contribution in [3.05, 3.63) is 81.4 Å². The first-order valence-electron chi connectivity index (χ1n) is 6.46. The van der Waals surface area contributed by atoms with Crippen molar-refractivity contribution in [1.29, 1.82) is 0 Å². The van der Waals surface area contributed by atoms with Gasteiger partial charge in [0.2, 0.25) is 0 Å². The van der Waals surface area contributed by atoms with Gasteiger partial charge in [-0.1, -0.05) is 47.6 Å². The van der Waals surface area contributed by atoms with Gasteiger partial charge in [0.1, 0.15) is 5.71 Å². The van der Waals surface area contributed by atoms with Crippen molar-refractivity contribution in [3.63, 3.8) is 0 Å². The molecule has 0 radical (unpaired) electrons. The number of hydrogen-bond donors (Lipinski definition) is 0. The third-order valence-corrected chi connectivity index (χ3v) is 3.13. The Morgan fingerprint density at radius 3 is 2.59 bits per heavy atom. The average Bonchev–Trinajstić information content (AvgIpc) is 2.89. The summed E-state index contributed by atoms with van der Waals surface area (Å²) < 4.78 is 0. The summed E-state index contributed by atoms with van der Waals surface area (Å²) in [6.45, 7) is 0.